The largest absolute Gasteiger partial charge is 0.483 e. The average molecular weight is 369 g/mol. The van der Waals surface area contributed by atoms with Crippen LogP contribution >= 0.6 is 0 Å². The van der Waals surface area contributed by atoms with Gasteiger partial charge >= 0.3 is 0 Å². The lowest BCUT2D eigenvalue weighted by Gasteiger charge is -2.18. The van der Waals surface area contributed by atoms with Crippen molar-refractivity contribution in [2.45, 2.75) is 13.8 Å². The van der Waals surface area contributed by atoms with Crippen LogP contribution in [0.2, 0.25) is 0 Å². The quantitative estimate of drug-likeness (QED) is 0.708. The van der Waals surface area contributed by atoms with E-state index < -0.39 is 11.8 Å². The molecule has 1 heterocycles. The molecule has 1 aliphatic rings. The van der Waals surface area contributed by atoms with Gasteiger partial charge in [-0.3, -0.25) is 25.2 Å². The van der Waals surface area contributed by atoms with Crippen LogP contribution < -0.4 is 25.6 Å². The third-order valence-corrected chi connectivity index (χ3v) is 3.89. The number of hydrogen-bond donors (Lipinski definition) is 3. The summed E-state index contributed by atoms with van der Waals surface area (Å²) in [6.45, 7) is 3.51. The second kappa shape index (κ2) is 7.77. The van der Waals surface area contributed by atoms with Gasteiger partial charge in [-0.1, -0.05) is 12.1 Å². The molecule has 0 saturated heterocycles. The van der Waals surface area contributed by atoms with Crippen molar-refractivity contribution in [3.63, 3.8) is 0 Å². The highest BCUT2D eigenvalue weighted by molar-refractivity contribution is 6.00. The maximum absolute atomic E-state index is 12.2. The molecule has 2 aromatic carbocycles. The summed E-state index contributed by atoms with van der Waals surface area (Å²) in [7, 11) is 0. The van der Waals surface area contributed by atoms with Crippen molar-refractivity contribution in [2.24, 2.45) is 0 Å². The van der Waals surface area contributed by atoms with Crippen molar-refractivity contribution in [3.8, 4) is 11.5 Å². The standard InChI is InChI=1S/C19H19N3O5/c1-11-3-4-12(2)16(7-11)27-10-18(24)21-22-19(25)13-5-6-15-14(8-13)20-17(23)9-26-15/h3-8H,9-10H2,1-2H3,(H,20,23)(H,21,24)(H,22,25). The third-order valence-electron chi connectivity index (χ3n) is 3.89. The van der Waals surface area contributed by atoms with Crippen molar-refractivity contribution < 1.29 is 23.9 Å². The van der Waals surface area contributed by atoms with E-state index in [0.717, 1.165) is 11.1 Å². The molecule has 3 amide bonds. The summed E-state index contributed by atoms with van der Waals surface area (Å²) in [4.78, 5) is 35.4. The lowest BCUT2D eigenvalue weighted by Crippen LogP contribution is -2.43. The molecule has 1 aliphatic heterocycles. The third kappa shape index (κ3) is 4.55. The molecule has 0 spiro atoms. The van der Waals surface area contributed by atoms with Gasteiger partial charge in [0.2, 0.25) is 0 Å². The molecule has 0 bridgehead atoms. The van der Waals surface area contributed by atoms with Crippen molar-refractivity contribution in [1.29, 1.82) is 0 Å². The van der Waals surface area contributed by atoms with E-state index in [1.165, 1.54) is 12.1 Å². The molecule has 8 heteroatoms. The fourth-order valence-electron chi connectivity index (χ4n) is 2.47. The first-order chi connectivity index (χ1) is 12.9. The minimum Gasteiger partial charge on any atom is -0.483 e. The summed E-state index contributed by atoms with van der Waals surface area (Å²) in [6, 6.07) is 10.3. The normalized spacial score (nSPS) is 12.3. The second-order valence-corrected chi connectivity index (χ2v) is 6.11. The fourth-order valence-corrected chi connectivity index (χ4v) is 2.47. The van der Waals surface area contributed by atoms with Crippen LogP contribution in [0.1, 0.15) is 21.5 Å². The molecule has 0 saturated carbocycles. The summed E-state index contributed by atoms with van der Waals surface area (Å²) < 4.78 is 10.7. The van der Waals surface area contributed by atoms with Gasteiger partial charge in [-0.05, 0) is 49.2 Å². The highest BCUT2D eigenvalue weighted by Gasteiger charge is 2.18. The maximum atomic E-state index is 12.2. The Morgan fingerprint density at radius 2 is 1.96 bits per heavy atom. The van der Waals surface area contributed by atoms with Gasteiger partial charge in [-0.25, -0.2) is 0 Å². The van der Waals surface area contributed by atoms with Gasteiger partial charge in [0.1, 0.15) is 11.5 Å². The topological polar surface area (TPSA) is 106 Å². The van der Waals surface area contributed by atoms with Crippen molar-refractivity contribution in [2.75, 3.05) is 18.5 Å². The Hall–Kier alpha value is -3.55. The smallest absolute Gasteiger partial charge is 0.276 e. The number of amides is 3. The number of carbonyl (C=O) groups excluding carboxylic acids is 3. The zero-order chi connectivity index (χ0) is 19.4. The van der Waals surface area contributed by atoms with E-state index in [2.05, 4.69) is 16.2 Å². The molecule has 0 aromatic heterocycles. The maximum Gasteiger partial charge on any atom is 0.276 e. The van der Waals surface area contributed by atoms with Gasteiger partial charge in [0, 0.05) is 5.56 Å². The molecular weight excluding hydrogens is 350 g/mol. The van der Waals surface area contributed by atoms with Crippen molar-refractivity contribution in [1.82, 2.24) is 10.9 Å². The van der Waals surface area contributed by atoms with E-state index in [1.54, 1.807) is 6.07 Å². The van der Waals surface area contributed by atoms with E-state index in [9.17, 15) is 14.4 Å². The molecule has 140 valence electrons. The van der Waals surface area contributed by atoms with E-state index >= 15 is 0 Å². The summed E-state index contributed by atoms with van der Waals surface area (Å²) in [5.74, 6) is -0.229. The molecule has 0 unspecified atom stereocenters. The molecule has 3 N–H and O–H groups in total. The SMILES string of the molecule is Cc1ccc(C)c(OCC(=O)NNC(=O)c2ccc3c(c2)NC(=O)CO3)c1. The van der Waals surface area contributed by atoms with Gasteiger partial charge in [0.15, 0.2) is 13.2 Å². The van der Waals surface area contributed by atoms with Crippen LogP contribution in [0.15, 0.2) is 36.4 Å². The average Bonchev–Trinajstić information content (AvgIpc) is 2.66. The number of rotatable bonds is 4. The van der Waals surface area contributed by atoms with E-state index in [1.807, 2.05) is 32.0 Å². The molecule has 0 atom stereocenters. The van der Waals surface area contributed by atoms with Crippen LogP contribution in [0.25, 0.3) is 0 Å². The van der Waals surface area contributed by atoms with Crippen LogP contribution in [0.5, 0.6) is 11.5 Å². The minimum absolute atomic E-state index is 0.0605. The first-order valence-electron chi connectivity index (χ1n) is 8.28. The lowest BCUT2D eigenvalue weighted by atomic mass is 10.1. The zero-order valence-corrected chi connectivity index (χ0v) is 14.9. The number of aryl methyl sites for hydroxylation is 2. The van der Waals surface area contributed by atoms with Crippen LogP contribution in [0, 0.1) is 13.8 Å². The lowest BCUT2D eigenvalue weighted by molar-refractivity contribution is -0.123. The minimum atomic E-state index is -0.530. The Morgan fingerprint density at radius 3 is 2.78 bits per heavy atom. The number of benzene rings is 2. The highest BCUT2D eigenvalue weighted by Crippen LogP contribution is 2.28. The number of ether oxygens (including phenoxy) is 2. The zero-order valence-electron chi connectivity index (χ0n) is 14.9. The molecule has 0 radical (unpaired) electrons. The van der Waals surface area contributed by atoms with E-state index in [-0.39, 0.29) is 24.7 Å². The number of nitrogens with one attached hydrogen (secondary N) is 3. The molecule has 2 aromatic rings. The first kappa shape index (κ1) is 18.2. The number of carbonyl (C=O) groups is 3. The van der Waals surface area contributed by atoms with Crippen molar-refractivity contribution >= 4 is 23.4 Å². The van der Waals surface area contributed by atoms with Gasteiger partial charge in [0.25, 0.3) is 17.7 Å². The van der Waals surface area contributed by atoms with Gasteiger partial charge < -0.3 is 14.8 Å². The fraction of sp³-hybridized carbons (Fsp3) is 0.211. The predicted octanol–water partition coefficient (Wildman–Crippen LogP) is 1.47. The molecule has 3 rings (SSSR count). The number of hydrazine groups is 1. The van der Waals surface area contributed by atoms with Gasteiger partial charge in [0.05, 0.1) is 5.69 Å². The van der Waals surface area contributed by atoms with Gasteiger partial charge in [-0.2, -0.15) is 0 Å². The summed E-state index contributed by atoms with van der Waals surface area (Å²) in [5.41, 5.74) is 7.20. The number of hydrogen-bond acceptors (Lipinski definition) is 5. The van der Waals surface area contributed by atoms with Crippen LogP contribution in [0.3, 0.4) is 0 Å². The molecule has 27 heavy (non-hydrogen) atoms. The number of fused-ring (bicyclic) bond motifs is 1. The molecule has 8 nitrogen and oxygen atoms in total. The van der Waals surface area contributed by atoms with Crippen LogP contribution in [-0.2, 0) is 9.59 Å². The molecule has 0 fully saturated rings. The molecular formula is C19H19N3O5. The predicted molar refractivity (Wildman–Crippen MR) is 97.6 cm³/mol. The van der Waals surface area contributed by atoms with E-state index in [0.29, 0.717) is 17.2 Å². The Morgan fingerprint density at radius 1 is 1.15 bits per heavy atom. The van der Waals surface area contributed by atoms with Crippen LogP contribution in [0.4, 0.5) is 5.69 Å². The Bertz CT molecular complexity index is 910. The first-order valence-corrected chi connectivity index (χ1v) is 8.28. The Kier molecular flexibility index (Phi) is 5.25. The van der Waals surface area contributed by atoms with E-state index in [4.69, 9.17) is 9.47 Å². The summed E-state index contributed by atoms with van der Waals surface area (Å²) in [6.07, 6.45) is 0. The Labute approximate surface area is 155 Å². The monoisotopic (exact) mass is 369 g/mol. The van der Waals surface area contributed by atoms with Gasteiger partial charge in [-0.15, -0.1) is 0 Å². The number of anilines is 1. The molecule has 0 aliphatic carbocycles. The second-order valence-electron chi connectivity index (χ2n) is 6.11. The van der Waals surface area contributed by atoms with Crippen molar-refractivity contribution in [3.05, 3.63) is 53.1 Å². The van der Waals surface area contributed by atoms with Crippen LogP contribution in [-0.4, -0.2) is 30.9 Å². The summed E-state index contributed by atoms with van der Waals surface area (Å²) >= 11 is 0. The Balaban J connectivity index is 1.53. The highest BCUT2D eigenvalue weighted by atomic mass is 16.5. The summed E-state index contributed by atoms with van der Waals surface area (Å²) in [5, 5.41) is 2.62.